The summed E-state index contributed by atoms with van der Waals surface area (Å²) < 4.78 is 39.8. The molecular weight excluding hydrogens is 311 g/mol. The minimum atomic E-state index is -4.50. The number of hydrogen-bond donors (Lipinski definition) is 3. The van der Waals surface area contributed by atoms with E-state index in [-0.39, 0.29) is 23.3 Å². The Morgan fingerprint density at radius 1 is 1.13 bits per heavy atom. The Morgan fingerprint density at radius 3 is 2.26 bits per heavy atom. The minimum absolute atomic E-state index is 0.163. The molecule has 0 aliphatic rings. The average molecular weight is 325 g/mol. The zero-order valence-corrected chi connectivity index (χ0v) is 12.0. The van der Waals surface area contributed by atoms with E-state index in [0.29, 0.717) is 5.69 Å². The molecule has 0 bridgehead atoms. The Bertz CT molecular complexity index is 753. The maximum Gasteiger partial charge on any atom is 0.433 e. The second kappa shape index (κ2) is 5.99. The van der Waals surface area contributed by atoms with Crippen LogP contribution < -0.4 is 17.2 Å². The number of aromatic nitrogens is 2. The third-order valence-electron chi connectivity index (χ3n) is 2.70. The van der Waals surface area contributed by atoms with Gasteiger partial charge >= 0.3 is 6.18 Å². The van der Waals surface area contributed by atoms with Gasteiger partial charge in [-0.2, -0.15) is 23.3 Å². The number of hydrogen-bond acceptors (Lipinski definition) is 2. The van der Waals surface area contributed by atoms with Crippen molar-refractivity contribution < 1.29 is 13.2 Å². The lowest BCUT2D eigenvalue weighted by atomic mass is 10.2. The fraction of sp³-hybridized carbons (Fsp3) is 0.154. The molecule has 0 atom stereocenters. The van der Waals surface area contributed by atoms with E-state index in [2.05, 4.69) is 15.1 Å². The molecule has 2 rings (SSSR count). The zero-order valence-electron chi connectivity index (χ0n) is 12.0. The summed E-state index contributed by atoms with van der Waals surface area (Å²) in [7, 11) is 0. The molecule has 7 nitrogen and oxygen atoms in total. The van der Waals surface area contributed by atoms with E-state index < -0.39 is 11.9 Å². The molecule has 0 amide bonds. The smallest absolute Gasteiger partial charge is 0.370 e. The summed E-state index contributed by atoms with van der Waals surface area (Å²) in [5.74, 6) is -0.409. The summed E-state index contributed by atoms with van der Waals surface area (Å²) >= 11 is 0. The largest absolute Gasteiger partial charge is 0.433 e. The van der Waals surface area contributed by atoms with Crippen LogP contribution in [-0.4, -0.2) is 21.7 Å². The lowest BCUT2D eigenvalue weighted by Crippen LogP contribution is -2.26. The topological polar surface area (TPSA) is 121 Å². The number of rotatable bonds is 2. The Kier molecular flexibility index (Phi) is 4.25. The molecule has 0 unspecified atom stereocenters. The summed E-state index contributed by atoms with van der Waals surface area (Å²) in [5.41, 5.74) is 15.8. The highest BCUT2D eigenvalue weighted by Crippen LogP contribution is 2.31. The van der Waals surface area contributed by atoms with Crippen molar-refractivity contribution >= 4 is 17.6 Å². The van der Waals surface area contributed by atoms with Gasteiger partial charge in [-0.1, -0.05) is 0 Å². The van der Waals surface area contributed by atoms with E-state index in [1.807, 2.05) is 0 Å². The molecule has 0 saturated heterocycles. The molecule has 23 heavy (non-hydrogen) atoms. The molecule has 0 saturated carbocycles. The predicted molar refractivity (Wildman–Crippen MR) is 80.4 cm³/mol. The fourth-order valence-electron chi connectivity index (χ4n) is 1.86. The van der Waals surface area contributed by atoms with Gasteiger partial charge in [0.05, 0.1) is 17.1 Å². The number of alkyl halides is 3. The standard InChI is InChI=1S/C13H14F3N7/c1-7-6-10(13(14,15)16)23(22-7)9-4-2-8(3-5-9)20-12(19)21-11(17)18/h2-6H,1H3,(H6,17,18,19,20,21). The molecular formula is C13H14F3N7. The molecule has 1 heterocycles. The van der Waals surface area contributed by atoms with Gasteiger partial charge in [-0.25, -0.2) is 9.67 Å². The number of benzene rings is 1. The van der Waals surface area contributed by atoms with Crippen LogP contribution >= 0.6 is 0 Å². The number of nitrogens with two attached hydrogens (primary N) is 3. The maximum absolute atomic E-state index is 13.0. The van der Waals surface area contributed by atoms with Crippen molar-refractivity contribution in [3.8, 4) is 5.69 Å². The van der Waals surface area contributed by atoms with E-state index in [1.54, 1.807) is 0 Å². The van der Waals surface area contributed by atoms with Crippen LogP contribution in [0, 0.1) is 6.92 Å². The number of guanidine groups is 2. The van der Waals surface area contributed by atoms with Crippen molar-refractivity contribution in [2.45, 2.75) is 13.1 Å². The van der Waals surface area contributed by atoms with Crippen LogP contribution in [0.25, 0.3) is 5.69 Å². The van der Waals surface area contributed by atoms with Crippen molar-refractivity contribution in [1.29, 1.82) is 0 Å². The van der Waals surface area contributed by atoms with Crippen LogP contribution in [0.4, 0.5) is 18.9 Å². The Morgan fingerprint density at radius 2 is 1.74 bits per heavy atom. The van der Waals surface area contributed by atoms with Crippen molar-refractivity contribution in [3.05, 3.63) is 41.7 Å². The van der Waals surface area contributed by atoms with Gasteiger partial charge in [-0.05, 0) is 37.3 Å². The van der Waals surface area contributed by atoms with Gasteiger partial charge in [0.15, 0.2) is 5.96 Å². The van der Waals surface area contributed by atoms with Gasteiger partial charge < -0.3 is 17.2 Å². The molecule has 0 radical (unpaired) electrons. The quantitative estimate of drug-likeness (QED) is 0.571. The zero-order chi connectivity index (χ0) is 17.2. The summed E-state index contributed by atoms with van der Waals surface area (Å²) in [4.78, 5) is 7.44. The van der Waals surface area contributed by atoms with E-state index in [0.717, 1.165) is 10.7 Å². The lowest BCUT2D eigenvalue weighted by Gasteiger charge is -2.10. The molecule has 1 aromatic heterocycles. The van der Waals surface area contributed by atoms with E-state index >= 15 is 0 Å². The Hall–Kier alpha value is -3.04. The van der Waals surface area contributed by atoms with E-state index in [9.17, 15) is 13.2 Å². The first kappa shape index (κ1) is 16.3. The lowest BCUT2D eigenvalue weighted by molar-refractivity contribution is -0.142. The average Bonchev–Trinajstić information content (AvgIpc) is 2.80. The van der Waals surface area contributed by atoms with Crippen molar-refractivity contribution in [3.63, 3.8) is 0 Å². The molecule has 0 aliphatic heterocycles. The summed E-state index contributed by atoms with van der Waals surface area (Å²) in [6, 6.07) is 6.79. The van der Waals surface area contributed by atoms with Crippen LogP contribution in [-0.2, 0) is 6.18 Å². The maximum atomic E-state index is 13.0. The predicted octanol–water partition coefficient (Wildman–Crippen LogP) is 1.42. The van der Waals surface area contributed by atoms with Crippen molar-refractivity contribution in [2.75, 3.05) is 0 Å². The van der Waals surface area contributed by atoms with Crippen LogP contribution in [0.15, 0.2) is 40.3 Å². The molecule has 0 spiro atoms. The van der Waals surface area contributed by atoms with Crippen LogP contribution in [0.3, 0.4) is 0 Å². The van der Waals surface area contributed by atoms with Gasteiger partial charge in [0.2, 0.25) is 5.96 Å². The molecule has 2 aromatic rings. The molecule has 10 heteroatoms. The third-order valence-corrected chi connectivity index (χ3v) is 2.70. The van der Waals surface area contributed by atoms with E-state index in [4.69, 9.17) is 17.2 Å². The number of aliphatic imine (C=N–C) groups is 2. The van der Waals surface area contributed by atoms with Crippen LogP contribution in [0.5, 0.6) is 0 Å². The second-order valence-corrected chi connectivity index (χ2v) is 4.60. The number of nitrogens with zero attached hydrogens (tertiary/aromatic N) is 4. The van der Waals surface area contributed by atoms with Crippen molar-refractivity contribution in [1.82, 2.24) is 9.78 Å². The summed E-state index contributed by atoms with van der Waals surface area (Å²) in [6.07, 6.45) is -4.50. The fourth-order valence-corrected chi connectivity index (χ4v) is 1.86. The minimum Gasteiger partial charge on any atom is -0.370 e. The van der Waals surface area contributed by atoms with Gasteiger partial charge in [-0.3, -0.25) is 0 Å². The van der Waals surface area contributed by atoms with Gasteiger partial charge in [0.25, 0.3) is 0 Å². The summed E-state index contributed by atoms with van der Waals surface area (Å²) in [5, 5.41) is 3.86. The first-order valence-electron chi connectivity index (χ1n) is 6.35. The van der Waals surface area contributed by atoms with Crippen LogP contribution in [0.2, 0.25) is 0 Å². The monoisotopic (exact) mass is 325 g/mol. The first-order chi connectivity index (χ1) is 10.7. The molecule has 1 aromatic carbocycles. The second-order valence-electron chi connectivity index (χ2n) is 4.60. The van der Waals surface area contributed by atoms with E-state index in [1.165, 1.54) is 31.2 Å². The molecule has 0 aliphatic carbocycles. The van der Waals surface area contributed by atoms with Gasteiger partial charge in [-0.15, -0.1) is 0 Å². The SMILES string of the molecule is Cc1cc(C(F)(F)F)n(-c2ccc(N=C(N)N=C(N)N)cc2)n1. The Balaban J connectivity index is 2.36. The summed E-state index contributed by atoms with van der Waals surface area (Å²) in [6.45, 7) is 1.49. The third kappa shape index (κ3) is 3.99. The highest BCUT2D eigenvalue weighted by molar-refractivity contribution is 5.93. The highest BCUT2D eigenvalue weighted by atomic mass is 19.4. The molecule has 0 fully saturated rings. The highest BCUT2D eigenvalue weighted by Gasteiger charge is 2.35. The van der Waals surface area contributed by atoms with Crippen molar-refractivity contribution in [2.24, 2.45) is 27.2 Å². The first-order valence-corrected chi connectivity index (χ1v) is 6.35. The number of halogens is 3. The molecule has 6 N–H and O–H groups in total. The number of aryl methyl sites for hydroxylation is 1. The normalized spacial score (nSPS) is 12.3. The van der Waals surface area contributed by atoms with Gasteiger partial charge in [0, 0.05) is 0 Å². The Labute approximate surface area is 129 Å². The van der Waals surface area contributed by atoms with Crippen LogP contribution in [0.1, 0.15) is 11.4 Å². The molecule has 122 valence electrons. The van der Waals surface area contributed by atoms with Gasteiger partial charge in [0.1, 0.15) is 5.69 Å².